The summed E-state index contributed by atoms with van der Waals surface area (Å²) in [5, 5.41) is 11.9. The minimum atomic E-state index is -3.07. The third-order valence-corrected chi connectivity index (χ3v) is 4.45. The molecule has 0 aliphatic carbocycles. The minimum absolute atomic E-state index is 0.0184. The van der Waals surface area contributed by atoms with Crippen molar-refractivity contribution < 1.29 is 36.9 Å². The third kappa shape index (κ3) is 4.68. The Morgan fingerprint density at radius 3 is 2.53 bits per heavy atom. The summed E-state index contributed by atoms with van der Waals surface area (Å²) in [6, 6.07) is 1.95. The molecule has 1 aromatic carbocycles. The molecule has 2 heterocycles. The molecule has 1 aliphatic heterocycles. The van der Waals surface area contributed by atoms with E-state index in [4.69, 9.17) is 9.47 Å². The van der Waals surface area contributed by atoms with Gasteiger partial charge in [0, 0.05) is 5.56 Å². The van der Waals surface area contributed by atoms with Crippen LogP contribution in [0.4, 0.5) is 23.4 Å². The Morgan fingerprint density at radius 1 is 1.27 bits per heavy atom. The van der Waals surface area contributed by atoms with Crippen molar-refractivity contribution >= 4 is 11.8 Å². The summed E-state index contributed by atoms with van der Waals surface area (Å²) in [5.41, 5.74) is -0.931. The first-order valence-corrected chi connectivity index (χ1v) is 9.03. The summed E-state index contributed by atoms with van der Waals surface area (Å²) < 4.78 is 65.3. The highest BCUT2D eigenvalue weighted by molar-refractivity contribution is 5.71. The van der Waals surface area contributed by atoms with Crippen molar-refractivity contribution in [2.75, 3.05) is 25.2 Å². The average Bonchev–Trinajstić information content (AvgIpc) is 3.19. The molecule has 3 rings (SSSR count). The maximum absolute atomic E-state index is 14.5. The molecule has 1 atom stereocenters. The standard InChI is InChI=1S/C19H19F4N3O4/c1-9-24-12(7-14(27)28)15(19-29-5-6-30-19)18(25-9)26-13(8-20)10-3-2-4-11(16(10)21)17(22)23/h2-4,13,17,19H,5-8H2,1H3,(H,27,28)(H,24,25,26)/t13-/m1/s1. The van der Waals surface area contributed by atoms with Crippen LogP contribution in [0.25, 0.3) is 0 Å². The van der Waals surface area contributed by atoms with Gasteiger partial charge in [0.25, 0.3) is 6.43 Å². The van der Waals surface area contributed by atoms with Crippen molar-refractivity contribution in [3.63, 3.8) is 0 Å². The molecule has 30 heavy (non-hydrogen) atoms. The van der Waals surface area contributed by atoms with Gasteiger partial charge >= 0.3 is 5.97 Å². The second-order valence-corrected chi connectivity index (χ2v) is 6.53. The molecule has 0 bridgehead atoms. The van der Waals surface area contributed by atoms with Crippen molar-refractivity contribution in [1.29, 1.82) is 0 Å². The number of rotatable bonds is 8. The number of aryl methyl sites for hydroxylation is 1. The third-order valence-electron chi connectivity index (χ3n) is 4.45. The van der Waals surface area contributed by atoms with Crippen LogP contribution in [0.5, 0.6) is 0 Å². The van der Waals surface area contributed by atoms with Crippen LogP contribution in [0, 0.1) is 12.7 Å². The van der Waals surface area contributed by atoms with E-state index in [1.54, 1.807) is 0 Å². The number of carboxylic acids is 1. The molecule has 2 N–H and O–H groups in total. The number of aliphatic carboxylic acids is 1. The summed E-state index contributed by atoms with van der Waals surface area (Å²) in [6.07, 6.45) is -4.55. The number of aromatic nitrogens is 2. The zero-order chi connectivity index (χ0) is 21.8. The monoisotopic (exact) mass is 429 g/mol. The van der Waals surface area contributed by atoms with Crippen molar-refractivity contribution in [3.05, 3.63) is 52.2 Å². The van der Waals surface area contributed by atoms with Gasteiger partial charge in [-0.15, -0.1) is 0 Å². The quantitative estimate of drug-likeness (QED) is 0.619. The lowest BCUT2D eigenvalue weighted by molar-refractivity contribution is -0.136. The van der Waals surface area contributed by atoms with Crippen LogP contribution < -0.4 is 5.32 Å². The first-order valence-electron chi connectivity index (χ1n) is 9.03. The molecule has 0 unspecified atom stereocenters. The fraction of sp³-hybridized carbons (Fsp3) is 0.421. The van der Waals surface area contributed by atoms with E-state index in [2.05, 4.69) is 15.3 Å². The largest absolute Gasteiger partial charge is 0.481 e. The summed E-state index contributed by atoms with van der Waals surface area (Å²) in [4.78, 5) is 19.6. The van der Waals surface area contributed by atoms with Crippen LogP contribution in [0.2, 0.25) is 0 Å². The van der Waals surface area contributed by atoms with Crippen LogP contribution in [0.3, 0.4) is 0 Å². The number of hydrogen-bond acceptors (Lipinski definition) is 6. The van der Waals surface area contributed by atoms with Crippen LogP contribution in [-0.4, -0.2) is 40.9 Å². The van der Waals surface area contributed by atoms with Gasteiger partial charge in [0.05, 0.1) is 42.5 Å². The lowest BCUT2D eigenvalue weighted by Gasteiger charge is -2.23. The summed E-state index contributed by atoms with van der Waals surface area (Å²) >= 11 is 0. The van der Waals surface area contributed by atoms with Crippen molar-refractivity contribution in [1.82, 2.24) is 9.97 Å². The van der Waals surface area contributed by atoms with E-state index < -0.39 is 49.2 Å². The Balaban J connectivity index is 2.05. The number of alkyl halides is 3. The second kappa shape index (κ2) is 9.35. The van der Waals surface area contributed by atoms with Gasteiger partial charge in [-0.3, -0.25) is 4.79 Å². The number of carboxylic acid groups (broad SMARTS) is 1. The van der Waals surface area contributed by atoms with Crippen LogP contribution in [0.1, 0.15) is 47.0 Å². The SMILES string of the molecule is Cc1nc(CC(=O)O)c(C2OCCO2)c(N[C@H](CF)c2cccc(C(F)F)c2F)n1. The molecular weight excluding hydrogens is 410 g/mol. The number of anilines is 1. The van der Waals surface area contributed by atoms with Crippen molar-refractivity contribution in [2.45, 2.75) is 32.1 Å². The Morgan fingerprint density at radius 2 is 1.93 bits per heavy atom. The number of nitrogens with one attached hydrogen (secondary N) is 1. The maximum Gasteiger partial charge on any atom is 0.309 e. The Hall–Kier alpha value is -2.79. The van der Waals surface area contributed by atoms with E-state index in [0.717, 1.165) is 6.07 Å². The molecule has 0 spiro atoms. The van der Waals surface area contributed by atoms with E-state index in [1.165, 1.54) is 19.1 Å². The molecule has 1 aromatic heterocycles. The van der Waals surface area contributed by atoms with E-state index >= 15 is 0 Å². The highest BCUT2D eigenvalue weighted by Crippen LogP contribution is 2.35. The predicted molar refractivity (Wildman–Crippen MR) is 96.4 cm³/mol. The average molecular weight is 429 g/mol. The molecule has 0 amide bonds. The molecule has 2 aromatic rings. The van der Waals surface area contributed by atoms with Gasteiger partial charge in [0.15, 0.2) is 6.29 Å². The molecule has 162 valence electrons. The van der Waals surface area contributed by atoms with E-state index in [1.807, 2.05) is 0 Å². The first kappa shape index (κ1) is 21.9. The van der Waals surface area contributed by atoms with Gasteiger partial charge in [-0.05, 0) is 6.92 Å². The zero-order valence-electron chi connectivity index (χ0n) is 15.9. The second-order valence-electron chi connectivity index (χ2n) is 6.53. The molecule has 7 nitrogen and oxygen atoms in total. The fourth-order valence-electron chi connectivity index (χ4n) is 3.17. The van der Waals surface area contributed by atoms with E-state index in [0.29, 0.717) is 0 Å². The van der Waals surface area contributed by atoms with Gasteiger partial charge in [-0.25, -0.2) is 27.5 Å². The number of ether oxygens (including phenoxy) is 2. The smallest absolute Gasteiger partial charge is 0.309 e. The number of hydrogen-bond donors (Lipinski definition) is 2. The molecule has 0 saturated carbocycles. The molecule has 0 radical (unpaired) electrons. The Labute approximate surface area is 169 Å². The summed E-state index contributed by atoms with van der Waals surface area (Å²) in [5.74, 6) is -2.24. The fourth-order valence-corrected chi connectivity index (χ4v) is 3.17. The lowest BCUT2D eigenvalue weighted by atomic mass is 10.0. The van der Waals surface area contributed by atoms with Crippen LogP contribution in [0.15, 0.2) is 18.2 Å². The van der Waals surface area contributed by atoms with Gasteiger partial charge < -0.3 is 19.9 Å². The Bertz CT molecular complexity index is 923. The van der Waals surface area contributed by atoms with Gasteiger partial charge in [0.1, 0.15) is 24.1 Å². The maximum atomic E-state index is 14.5. The Kier molecular flexibility index (Phi) is 6.83. The first-order chi connectivity index (χ1) is 14.3. The predicted octanol–water partition coefficient (Wildman–Crippen LogP) is 3.66. The van der Waals surface area contributed by atoms with E-state index in [9.17, 15) is 27.5 Å². The van der Waals surface area contributed by atoms with Crippen molar-refractivity contribution in [2.24, 2.45) is 0 Å². The molecule has 11 heteroatoms. The number of nitrogens with zero attached hydrogens (tertiary/aromatic N) is 2. The van der Waals surface area contributed by atoms with Crippen LogP contribution in [-0.2, 0) is 20.7 Å². The highest BCUT2D eigenvalue weighted by atomic mass is 19.3. The molecule has 1 fully saturated rings. The highest BCUT2D eigenvalue weighted by Gasteiger charge is 2.30. The number of halogens is 4. The van der Waals surface area contributed by atoms with Gasteiger partial charge in [0.2, 0.25) is 0 Å². The summed E-state index contributed by atoms with van der Waals surface area (Å²) in [6.45, 7) is 0.829. The normalized spacial score (nSPS) is 15.5. The molecule has 1 aliphatic rings. The molecular formula is C19H19F4N3O4. The number of benzene rings is 1. The molecule has 1 saturated heterocycles. The topological polar surface area (TPSA) is 93.6 Å². The van der Waals surface area contributed by atoms with Crippen molar-refractivity contribution in [3.8, 4) is 0 Å². The van der Waals surface area contributed by atoms with Gasteiger partial charge in [-0.2, -0.15) is 0 Å². The zero-order valence-corrected chi connectivity index (χ0v) is 15.9. The summed E-state index contributed by atoms with van der Waals surface area (Å²) in [7, 11) is 0. The lowest BCUT2D eigenvalue weighted by Crippen LogP contribution is -2.21. The minimum Gasteiger partial charge on any atom is -0.481 e. The van der Waals surface area contributed by atoms with Gasteiger partial charge in [-0.1, -0.05) is 18.2 Å². The van der Waals surface area contributed by atoms with E-state index in [-0.39, 0.29) is 41.7 Å². The van der Waals surface area contributed by atoms with Crippen LogP contribution >= 0.6 is 0 Å². The number of carbonyl (C=O) groups is 1.